The third-order valence-electron chi connectivity index (χ3n) is 3.12. The standard InChI is InChI=1S/C13H24N2O3.C2H6O.C2H6/c1-12(2,3)18-11(17)15-8-4-5-13(14,6-9-15)7-10-16;1-3-2;1-2/h10H,4-9,14H2,1-3H3;1-2H3;1-2H3. The van der Waals surface area contributed by atoms with Gasteiger partial charge in [0.2, 0.25) is 0 Å². The zero-order chi connectivity index (χ0) is 18.5. The van der Waals surface area contributed by atoms with Crippen molar-refractivity contribution in [2.45, 2.75) is 71.4 Å². The minimum Gasteiger partial charge on any atom is -0.444 e. The molecular formula is C17H36N2O4. The maximum absolute atomic E-state index is 11.9. The number of nitrogens with zero attached hydrogens (tertiary/aromatic N) is 1. The number of rotatable bonds is 2. The summed E-state index contributed by atoms with van der Waals surface area (Å²) in [4.78, 5) is 24.2. The van der Waals surface area contributed by atoms with Crippen LogP contribution in [0.2, 0.25) is 0 Å². The zero-order valence-corrected chi connectivity index (χ0v) is 16.0. The first kappa shape index (κ1) is 24.1. The number of carbonyl (C=O) groups is 2. The van der Waals surface area contributed by atoms with Crippen molar-refractivity contribution in [3.05, 3.63) is 0 Å². The number of hydrogen-bond donors (Lipinski definition) is 1. The molecule has 0 aromatic rings. The maximum atomic E-state index is 11.9. The van der Waals surface area contributed by atoms with E-state index in [-0.39, 0.29) is 6.09 Å². The Morgan fingerprint density at radius 1 is 1.22 bits per heavy atom. The lowest BCUT2D eigenvalue weighted by molar-refractivity contribution is -0.108. The smallest absolute Gasteiger partial charge is 0.410 e. The number of likely N-dealkylation sites (tertiary alicyclic amines) is 1. The maximum Gasteiger partial charge on any atom is 0.410 e. The average Bonchev–Trinajstić information content (AvgIpc) is 2.63. The second-order valence-electron chi connectivity index (χ2n) is 6.46. The molecule has 1 rings (SSSR count). The van der Waals surface area contributed by atoms with E-state index in [0.717, 1.165) is 19.1 Å². The summed E-state index contributed by atoms with van der Waals surface area (Å²) in [6.07, 6.45) is 3.15. The van der Waals surface area contributed by atoms with E-state index in [1.54, 1.807) is 19.1 Å². The van der Waals surface area contributed by atoms with E-state index < -0.39 is 11.1 Å². The van der Waals surface area contributed by atoms with E-state index in [2.05, 4.69) is 4.74 Å². The van der Waals surface area contributed by atoms with Gasteiger partial charge in [-0.3, -0.25) is 0 Å². The van der Waals surface area contributed by atoms with Crippen molar-refractivity contribution in [1.82, 2.24) is 4.90 Å². The van der Waals surface area contributed by atoms with Crippen LogP contribution in [0.1, 0.15) is 60.3 Å². The SMILES string of the molecule is CC.CC(C)(C)OC(=O)N1CCCC(N)(CC=O)CC1.COC. The number of ether oxygens (including phenoxy) is 2. The van der Waals surface area contributed by atoms with Gasteiger partial charge in [-0.05, 0) is 40.0 Å². The van der Waals surface area contributed by atoms with Crippen LogP contribution in [0.25, 0.3) is 0 Å². The van der Waals surface area contributed by atoms with E-state index in [4.69, 9.17) is 10.5 Å². The highest BCUT2D eigenvalue weighted by Gasteiger charge is 2.31. The average molecular weight is 332 g/mol. The molecule has 0 aromatic carbocycles. The molecule has 0 radical (unpaired) electrons. The van der Waals surface area contributed by atoms with Gasteiger partial charge in [-0.1, -0.05) is 13.8 Å². The van der Waals surface area contributed by atoms with Crippen molar-refractivity contribution >= 4 is 12.4 Å². The number of hydrogen-bond acceptors (Lipinski definition) is 5. The zero-order valence-electron chi connectivity index (χ0n) is 16.0. The lowest BCUT2D eigenvalue weighted by Crippen LogP contribution is -2.42. The predicted octanol–water partition coefficient (Wildman–Crippen LogP) is 2.98. The van der Waals surface area contributed by atoms with Gasteiger partial charge in [0.25, 0.3) is 0 Å². The van der Waals surface area contributed by atoms with Crippen molar-refractivity contribution < 1.29 is 19.1 Å². The normalized spacial score (nSPS) is 21.0. The van der Waals surface area contributed by atoms with Crippen molar-refractivity contribution in [2.75, 3.05) is 27.3 Å². The van der Waals surface area contributed by atoms with E-state index in [9.17, 15) is 9.59 Å². The summed E-state index contributed by atoms with van der Waals surface area (Å²) in [5.41, 5.74) is 5.21. The van der Waals surface area contributed by atoms with Crippen LogP contribution >= 0.6 is 0 Å². The van der Waals surface area contributed by atoms with Crippen LogP contribution in [0.3, 0.4) is 0 Å². The molecule has 2 N–H and O–H groups in total. The molecule has 1 atom stereocenters. The van der Waals surface area contributed by atoms with Crippen molar-refractivity contribution in [2.24, 2.45) is 5.73 Å². The lowest BCUT2D eigenvalue weighted by atomic mass is 9.89. The van der Waals surface area contributed by atoms with Crippen LogP contribution in [0.4, 0.5) is 4.79 Å². The van der Waals surface area contributed by atoms with Crippen LogP contribution in [0.15, 0.2) is 0 Å². The predicted molar refractivity (Wildman–Crippen MR) is 93.5 cm³/mol. The van der Waals surface area contributed by atoms with Gasteiger partial charge in [-0.15, -0.1) is 0 Å². The van der Waals surface area contributed by atoms with Gasteiger partial charge < -0.3 is 24.9 Å². The third-order valence-corrected chi connectivity index (χ3v) is 3.12. The van der Waals surface area contributed by atoms with E-state index >= 15 is 0 Å². The van der Waals surface area contributed by atoms with Crippen molar-refractivity contribution in [1.29, 1.82) is 0 Å². The molecule has 0 aromatic heterocycles. The highest BCUT2D eigenvalue weighted by Crippen LogP contribution is 2.23. The van der Waals surface area contributed by atoms with Gasteiger partial charge in [-0.2, -0.15) is 0 Å². The number of amides is 1. The minimum absolute atomic E-state index is 0.294. The highest BCUT2D eigenvalue weighted by atomic mass is 16.6. The minimum atomic E-state index is -0.480. The van der Waals surface area contributed by atoms with Gasteiger partial charge in [0.05, 0.1) is 0 Å². The molecular weight excluding hydrogens is 296 g/mol. The number of nitrogens with two attached hydrogens (primary N) is 1. The molecule has 6 heteroatoms. The fourth-order valence-corrected chi connectivity index (χ4v) is 2.10. The van der Waals surface area contributed by atoms with Crippen molar-refractivity contribution in [3.63, 3.8) is 0 Å². The summed E-state index contributed by atoms with van der Waals surface area (Å²) >= 11 is 0. The molecule has 23 heavy (non-hydrogen) atoms. The van der Waals surface area contributed by atoms with Crippen LogP contribution in [-0.2, 0) is 14.3 Å². The Labute approximate surface area is 141 Å². The molecule has 1 amide bonds. The first-order chi connectivity index (χ1) is 10.7. The van der Waals surface area contributed by atoms with Crippen LogP contribution in [0.5, 0.6) is 0 Å². The Balaban J connectivity index is 0. The molecule has 0 aliphatic carbocycles. The molecule has 6 nitrogen and oxygen atoms in total. The molecule has 0 saturated carbocycles. The van der Waals surface area contributed by atoms with E-state index in [1.165, 1.54) is 0 Å². The Kier molecular flexibility index (Phi) is 12.9. The topological polar surface area (TPSA) is 81.9 Å². The number of aldehydes is 1. The Hall–Kier alpha value is -1.14. The van der Waals surface area contributed by atoms with Gasteiger partial charge >= 0.3 is 6.09 Å². The fraction of sp³-hybridized carbons (Fsp3) is 0.882. The Morgan fingerprint density at radius 3 is 2.17 bits per heavy atom. The lowest BCUT2D eigenvalue weighted by Gasteiger charge is -2.27. The Bertz CT molecular complexity index is 329. The molecule has 1 aliphatic heterocycles. The number of carbonyl (C=O) groups excluding carboxylic acids is 2. The summed E-state index contributed by atoms with van der Waals surface area (Å²) in [5, 5.41) is 0. The summed E-state index contributed by atoms with van der Waals surface area (Å²) < 4.78 is 9.59. The molecule has 1 saturated heterocycles. The summed E-state index contributed by atoms with van der Waals surface area (Å²) in [6, 6.07) is 0. The van der Waals surface area contributed by atoms with Gasteiger partial charge in [0, 0.05) is 39.3 Å². The van der Waals surface area contributed by atoms with Crippen LogP contribution in [0, 0.1) is 0 Å². The van der Waals surface area contributed by atoms with Crippen LogP contribution < -0.4 is 5.73 Å². The van der Waals surface area contributed by atoms with Gasteiger partial charge in [-0.25, -0.2) is 4.79 Å². The highest BCUT2D eigenvalue weighted by molar-refractivity contribution is 5.68. The molecule has 1 heterocycles. The molecule has 0 spiro atoms. The molecule has 0 bridgehead atoms. The molecule has 1 aliphatic rings. The first-order valence-corrected chi connectivity index (χ1v) is 8.28. The Morgan fingerprint density at radius 2 is 1.74 bits per heavy atom. The largest absolute Gasteiger partial charge is 0.444 e. The first-order valence-electron chi connectivity index (χ1n) is 8.28. The molecule has 138 valence electrons. The second kappa shape index (κ2) is 12.3. The van der Waals surface area contributed by atoms with Crippen molar-refractivity contribution in [3.8, 4) is 0 Å². The second-order valence-corrected chi connectivity index (χ2v) is 6.46. The quantitative estimate of drug-likeness (QED) is 0.786. The fourth-order valence-electron chi connectivity index (χ4n) is 2.10. The van der Waals surface area contributed by atoms with Gasteiger partial charge in [0.1, 0.15) is 11.9 Å². The van der Waals surface area contributed by atoms with Crippen LogP contribution in [-0.4, -0.2) is 55.7 Å². The third kappa shape index (κ3) is 12.0. The monoisotopic (exact) mass is 332 g/mol. The van der Waals surface area contributed by atoms with Gasteiger partial charge in [0.15, 0.2) is 0 Å². The summed E-state index contributed by atoms with van der Waals surface area (Å²) in [7, 11) is 3.25. The molecule has 1 fully saturated rings. The molecule has 1 unspecified atom stereocenters. The number of methoxy groups -OCH3 is 1. The summed E-state index contributed by atoms with van der Waals surface area (Å²) in [6.45, 7) is 10.7. The van der Waals surface area contributed by atoms with E-state index in [1.807, 2.05) is 34.6 Å². The summed E-state index contributed by atoms with van der Waals surface area (Å²) in [5.74, 6) is 0. The van der Waals surface area contributed by atoms with E-state index in [0.29, 0.717) is 25.9 Å².